The second-order valence-electron chi connectivity index (χ2n) is 6.08. The van der Waals surface area contributed by atoms with E-state index in [-0.39, 0.29) is 5.57 Å². The van der Waals surface area contributed by atoms with E-state index in [9.17, 15) is 13.2 Å². The van der Waals surface area contributed by atoms with Crippen molar-refractivity contribution in [3.63, 3.8) is 0 Å². The molecule has 0 amide bonds. The molecule has 0 aliphatic carbocycles. The van der Waals surface area contributed by atoms with E-state index < -0.39 is 11.6 Å². The maximum absolute atomic E-state index is 14.2. The average Bonchev–Trinajstić information content (AvgIpc) is 2.36. The van der Waals surface area contributed by atoms with Crippen LogP contribution in [-0.4, -0.2) is 5.92 Å². The van der Waals surface area contributed by atoms with Crippen molar-refractivity contribution in [2.24, 2.45) is 0 Å². The van der Waals surface area contributed by atoms with Gasteiger partial charge in [0.05, 0.1) is 0 Å². The van der Waals surface area contributed by atoms with Crippen molar-refractivity contribution in [3.8, 4) is 0 Å². The van der Waals surface area contributed by atoms with Gasteiger partial charge in [0, 0.05) is 6.92 Å². The van der Waals surface area contributed by atoms with Crippen LogP contribution in [0.1, 0.15) is 44.4 Å². The third-order valence-corrected chi connectivity index (χ3v) is 3.60. The Morgan fingerprint density at radius 3 is 2.18 bits per heavy atom. The SMILES string of the molecule is C=C/C=C(\C=C(/C)C(C)(F)F)c1cc(C(C)(C)F)ccc1C. The van der Waals surface area contributed by atoms with Gasteiger partial charge in [-0.25, -0.2) is 13.2 Å². The molecule has 0 bridgehead atoms. The van der Waals surface area contributed by atoms with Gasteiger partial charge < -0.3 is 0 Å². The van der Waals surface area contributed by atoms with Crippen LogP contribution in [0.5, 0.6) is 0 Å². The standard InChI is InChI=1S/C19H23F3/c1-7-8-15(11-14(3)19(6,21)22)17-12-16(18(4,5)20)10-9-13(17)2/h7-12H,1H2,2-6H3/b14-11+,15-8+. The van der Waals surface area contributed by atoms with Crippen LogP contribution in [0.15, 0.2) is 48.6 Å². The van der Waals surface area contributed by atoms with Gasteiger partial charge in [-0.2, -0.15) is 0 Å². The second kappa shape index (κ2) is 6.55. The van der Waals surface area contributed by atoms with Gasteiger partial charge >= 0.3 is 0 Å². The van der Waals surface area contributed by atoms with Gasteiger partial charge in [-0.3, -0.25) is 0 Å². The number of hydrogen-bond donors (Lipinski definition) is 0. The molecule has 0 radical (unpaired) electrons. The van der Waals surface area contributed by atoms with Crippen LogP contribution in [0.4, 0.5) is 13.2 Å². The fraction of sp³-hybridized carbons (Fsp3) is 0.368. The molecule has 0 spiro atoms. The summed E-state index contributed by atoms with van der Waals surface area (Å²) in [6, 6.07) is 5.23. The van der Waals surface area contributed by atoms with Crippen molar-refractivity contribution in [1.29, 1.82) is 0 Å². The first-order valence-electron chi connectivity index (χ1n) is 7.16. The molecule has 0 fully saturated rings. The fourth-order valence-electron chi connectivity index (χ4n) is 2.01. The number of rotatable bonds is 5. The summed E-state index contributed by atoms with van der Waals surface area (Å²) in [6.45, 7) is 10.7. The van der Waals surface area contributed by atoms with E-state index in [0.717, 1.165) is 18.1 Å². The number of halogens is 3. The molecule has 0 heterocycles. The van der Waals surface area contributed by atoms with Crippen LogP contribution in [-0.2, 0) is 5.67 Å². The first kappa shape index (κ1) is 18.3. The lowest BCUT2D eigenvalue weighted by Crippen LogP contribution is -2.12. The summed E-state index contributed by atoms with van der Waals surface area (Å²) < 4.78 is 41.0. The zero-order valence-electron chi connectivity index (χ0n) is 13.8. The summed E-state index contributed by atoms with van der Waals surface area (Å²) in [7, 11) is 0. The van der Waals surface area contributed by atoms with Gasteiger partial charge in [0.2, 0.25) is 0 Å². The highest BCUT2D eigenvalue weighted by Crippen LogP contribution is 2.32. The molecule has 0 aromatic heterocycles. The molecule has 0 saturated heterocycles. The van der Waals surface area contributed by atoms with Crippen molar-refractivity contribution in [2.75, 3.05) is 0 Å². The summed E-state index contributed by atoms with van der Waals surface area (Å²) in [6.07, 6.45) is 4.63. The van der Waals surface area contributed by atoms with Crippen LogP contribution in [0, 0.1) is 6.92 Å². The van der Waals surface area contributed by atoms with E-state index in [1.54, 1.807) is 30.4 Å². The molecule has 22 heavy (non-hydrogen) atoms. The Hall–Kier alpha value is -1.77. The molecule has 0 saturated carbocycles. The van der Waals surface area contributed by atoms with Gasteiger partial charge in [0.15, 0.2) is 0 Å². The van der Waals surface area contributed by atoms with Crippen LogP contribution >= 0.6 is 0 Å². The van der Waals surface area contributed by atoms with Crippen molar-refractivity contribution < 1.29 is 13.2 Å². The third-order valence-electron chi connectivity index (χ3n) is 3.60. The molecule has 0 aliphatic heterocycles. The first-order valence-corrected chi connectivity index (χ1v) is 7.16. The van der Waals surface area contributed by atoms with Gasteiger partial charge in [0.25, 0.3) is 5.92 Å². The number of allylic oxidation sites excluding steroid dienone is 5. The quantitative estimate of drug-likeness (QED) is 0.554. The molecular weight excluding hydrogens is 285 g/mol. The minimum absolute atomic E-state index is 0.0510. The highest BCUT2D eigenvalue weighted by atomic mass is 19.3. The lowest BCUT2D eigenvalue weighted by molar-refractivity contribution is 0.0636. The second-order valence-corrected chi connectivity index (χ2v) is 6.08. The Labute approximate surface area is 131 Å². The topological polar surface area (TPSA) is 0 Å². The van der Waals surface area contributed by atoms with E-state index in [0.29, 0.717) is 11.1 Å². The molecule has 0 unspecified atom stereocenters. The first-order chi connectivity index (χ1) is 9.96. The van der Waals surface area contributed by atoms with Crippen molar-refractivity contribution >= 4 is 5.57 Å². The van der Waals surface area contributed by atoms with Gasteiger partial charge in [-0.1, -0.05) is 30.9 Å². The lowest BCUT2D eigenvalue weighted by Gasteiger charge is -2.18. The highest BCUT2D eigenvalue weighted by Gasteiger charge is 2.24. The maximum atomic E-state index is 14.2. The van der Waals surface area contributed by atoms with Gasteiger partial charge in [-0.15, -0.1) is 0 Å². The lowest BCUT2D eigenvalue weighted by atomic mass is 9.91. The van der Waals surface area contributed by atoms with E-state index >= 15 is 0 Å². The predicted octanol–water partition coefficient (Wildman–Crippen LogP) is 6.37. The molecule has 0 aliphatic rings. The Morgan fingerprint density at radius 2 is 1.73 bits per heavy atom. The normalized spacial score (nSPS) is 14.2. The molecule has 1 aromatic rings. The van der Waals surface area contributed by atoms with Crippen LogP contribution in [0.2, 0.25) is 0 Å². The van der Waals surface area contributed by atoms with Crippen molar-refractivity contribution in [3.05, 3.63) is 65.3 Å². The monoisotopic (exact) mass is 308 g/mol. The molecular formula is C19H23F3. The fourth-order valence-corrected chi connectivity index (χ4v) is 2.01. The van der Waals surface area contributed by atoms with Crippen molar-refractivity contribution in [1.82, 2.24) is 0 Å². The molecule has 1 aromatic carbocycles. The maximum Gasteiger partial charge on any atom is 0.266 e. The molecule has 120 valence electrons. The summed E-state index contributed by atoms with van der Waals surface area (Å²) in [5, 5.41) is 0. The molecule has 0 atom stereocenters. The Bertz CT molecular complexity index is 609. The summed E-state index contributed by atoms with van der Waals surface area (Å²) in [5.41, 5.74) is 1.19. The third kappa shape index (κ3) is 4.62. The number of benzene rings is 1. The van der Waals surface area contributed by atoms with E-state index in [1.165, 1.54) is 26.8 Å². The number of hydrogen-bond acceptors (Lipinski definition) is 0. The number of aryl methyl sites for hydroxylation is 1. The average molecular weight is 308 g/mol. The molecule has 0 nitrogen and oxygen atoms in total. The van der Waals surface area contributed by atoms with Gasteiger partial charge in [0.1, 0.15) is 5.67 Å². The Balaban J connectivity index is 3.47. The number of alkyl halides is 3. The Morgan fingerprint density at radius 1 is 1.14 bits per heavy atom. The Kier molecular flexibility index (Phi) is 5.44. The van der Waals surface area contributed by atoms with E-state index in [1.807, 2.05) is 6.92 Å². The van der Waals surface area contributed by atoms with Crippen LogP contribution < -0.4 is 0 Å². The zero-order chi connectivity index (χ0) is 17.1. The van der Waals surface area contributed by atoms with Crippen molar-refractivity contribution in [2.45, 2.75) is 46.2 Å². The van der Waals surface area contributed by atoms with Crippen LogP contribution in [0.3, 0.4) is 0 Å². The summed E-state index contributed by atoms with van der Waals surface area (Å²) >= 11 is 0. The molecule has 0 N–H and O–H groups in total. The molecule has 1 rings (SSSR count). The van der Waals surface area contributed by atoms with E-state index in [2.05, 4.69) is 6.58 Å². The summed E-state index contributed by atoms with van der Waals surface area (Å²) in [4.78, 5) is 0. The van der Waals surface area contributed by atoms with E-state index in [4.69, 9.17) is 0 Å². The predicted molar refractivity (Wildman–Crippen MR) is 87.9 cm³/mol. The molecule has 3 heteroatoms. The minimum Gasteiger partial charge on any atom is -0.239 e. The van der Waals surface area contributed by atoms with Gasteiger partial charge in [-0.05, 0) is 67.7 Å². The largest absolute Gasteiger partial charge is 0.266 e. The van der Waals surface area contributed by atoms with Crippen LogP contribution in [0.25, 0.3) is 5.57 Å². The smallest absolute Gasteiger partial charge is 0.239 e. The summed E-state index contributed by atoms with van der Waals surface area (Å²) in [5.74, 6) is -2.90. The zero-order valence-corrected chi connectivity index (χ0v) is 13.8. The highest BCUT2D eigenvalue weighted by molar-refractivity contribution is 5.78. The minimum atomic E-state index is -2.90.